The van der Waals surface area contributed by atoms with Crippen LogP contribution in [-0.2, 0) is 20.2 Å². The van der Waals surface area contributed by atoms with Crippen LogP contribution in [0.1, 0.15) is 29.9 Å². The van der Waals surface area contributed by atoms with Crippen LogP contribution in [-0.4, -0.2) is 43.6 Å². The number of fused-ring (bicyclic) bond motifs is 9. The lowest BCUT2D eigenvalue weighted by atomic mass is 9.75. The van der Waals surface area contributed by atoms with E-state index >= 15 is 0 Å². The van der Waals surface area contributed by atoms with Crippen LogP contribution in [0, 0.1) is 0 Å². The molecule has 4 heterocycles. The van der Waals surface area contributed by atoms with Gasteiger partial charge in [-0.05, 0) is 49.2 Å². The highest BCUT2D eigenvalue weighted by molar-refractivity contribution is 7.92. The average molecular weight is 441 g/mol. The quantitative estimate of drug-likeness (QED) is 0.671. The van der Waals surface area contributed by atoms with Gasteiger partial charge in [0.05, 0.1) is 10.1 Å². The number of benzene rings is 2. The van der Waals surface area contributed by atoms with Crippen LogP contribution in [0.5, 0.6) is 0 Å². The predicted octanol–water partition coefficient (Wildman–Crippen LogP) is 3.49. The molecule has 4 aliphatic heterocycles. The van der Waals surface area contributed by atoms with Crippen LogP contribution in [0.3, 0.4) is 0 Å². The van der Waals surface area contributed by atoms with Crippen LogP contribution in [0.2, 0.25) is 5.02 Å². The third-order valence-corrected chi connectivity index (χ3v) is 9.89. The summed E-state index contributed by atoms with van der Waals surface area (Å²) in [5.41, 5.74) is 1.34. The summed E-state index contributed by atoms with van der Waals surface area (Å²) in [6.45, 7) is 4.90. The SMILES string of the molecule is C=CCN1C(=O)[C@@]2(c3cc(Cl)ccc31)[C@@H]1c3ccccc3S(=O)(=O)[C@@H]1[C@H]1CCCN12. The fraction of sp³-hybridized carbons (Fsp3) is 0.348. The fourth-order valence-corrected chi connectivity index (χ4v) is 9.16. The molecule has 6 rings (SSSR count). The normalized spacial score (nSPS) is 32.9. The van der Waals surface area contributed by atoms with Gasteiger partial charge in [0.2, 0.25) is 0 Å². The van der Waals surface area contributed by atoms with Crippen molar-refractivity contribution < 1.29 is 13.2 Å². The molecule has 4 aliphatic rings. The summed E-state index contributed by atoms with van der Waals surface area (Å²) in [5.74, 6) is -0.505. The van der Waals surface area contributed by atoms with E-state index in [9.17, 15) is 13.2 Å². The molecule has 1 spiro atoms. The van der Waals surface area contributed by atoms with E-state index in [1.807, 2.05) is 24.3 Å². The second-order valence-corrected chi connectivity index (χ2v) is 11.1. The number of hydrogen-bond acceptors (Lipinski definition) is 4. The van der Waals surface area contributed by atoms with Crippen molar-refractivity contribution in [2.24, 2.45) is 0 Å². The Balaban J connectivity index is 1.71. The van der Waals surface area contributed by atoms with Gasteiger partial charge < -0.3 is 4.90 Å². The lowest BCUT2D eigenvalue weighted by Gasteiger charge is -2.37. The molecular weight excluding hydrogens is 420 g/mol. The second kappa shape index (κ2) is 5.96. The number of amides is 1. The summed E-state index contributed by atoms with van der Waals surface area (Å²) in [7, 11) is -3.53. The molecule has 4 atom stereocenters. The molecule has 0 N–H and O–H groups in total. The number of rotatable bonds is 2. The zero-order chi connectivity index (χ0) is 20.8. The van der Waals surface area contributed by atoms with E-state index in [-0.39, 0.29) is 11.9 Å². The van der Waals surface area contributed by atoms with Crippen molar-refractivity contribution >= 4 is 33.0 Å². The summed E-state index contributed by atoms with van der Waals surface area (Å²) in [6.07, 6.45) is 3.37. The second-order valence-electron chi connectivity index (χ2n) is 8.56. The van der Waals surface area contributed by atoms with Crippen LogP contribution in [0.25, 0.3) is 0 Å². The van der Waals surface area contributed by atoms with Crippen molar-refractivity contribution in [2.75, 3.05) is 18.0 Å². The van der Waals surface area contributed by atoms with E-state index in [0.717, 1.165) is 29.7 Å². The number of hydrogen-bond donors (Lipinski definition) is 0. The number of carbonyl (C=O) groups excluding carboxylic acids is 1. The van der Waals surface area contributed by atoms with E-state index in [1.165, 1.54) is 0 Å². The Labute approximate surface area is 180 Å². The highest BCUT2D eigenvalue weighted by Gasteiger charge is 2.73. The van der Waals surface area contributed by atoms with Gasteiger partial charge in [0, 0.05) is 34.8 Å². The summed E-state index contributed by atoms with van der Waals surface area (Å²) in [4.78, 5) is 18.5. The van der Waals surface area contributed by atoms with Gasteiger partial charge in [-0.25, -0.2) is 8.42 Å². The van der Waals surface area contributed by atoms with Gasteiger partial charge in [0.25, 0.3) is 5.91 Å². The highest BCUT2D eigenvalue weighted by atomic mass is 35.5. The van der Waals surface area contributed by atoms with Crippen LogP contribution in [0.15, 0.2) is 60.0 Å². The van der Waals surface area contributed by atoms with Gasteiger partial charge in [-0.15, -0.1) is 6.58 Å². The maximum Gasteiger partial charge on any atom is 0.253 e. The molecule has 5 nitrogen and oxygen atoms in total. The van der Waals surface area contributed by atoms with Gasteiger partial charge in [0.15, 0.2) is 9.84 Å². The Morgan fingerprint density at radius 3 is 2.83 bits per heavy atom. The minimum absolute atomic E-state index is 0.0639. The Kier molecular flexibility index (Phi) is 3.70. The monoisotopic (exact) mass is 440 g/mol. The maximum atomic E-state index is 14.2. The van der Waals surface area contributed by atoms with Crippen molar-refractivity contribution in [1.29, 1.82) is 0 Å². The molecule has 2 fully saturated rings. The van der Waals surface area contributed by atoms with Crippen molar-refractivity contribution in [3.8, 4) is 0 Å². The average Bonchev–Trinajstić information content (AvgIpc) is 3.41. The molecule has 30 heavy (non-hydrogen) atoms. The molecule has 154 valence electrons. The number of anilines is 1. The molecule has 2 aromatic rings. The van der Waals surface area contributed by atoms with Crippen molar-refractivity contribution in [2.45, 2.75) is 40.5 Å². The summed E-state index contributed by atoms with van der Waals surface area (Å²) < 4.78 is 27.3. The van der Waals surface area contributed by atoms with E-state index in [0.29, 0.717) is 23.0 Å². The number of nitrogens with zero attached hydrogens (tertiary/aromatic N) is 2. The first-order valence-electron chi connectivity index (χ1n) is 10.3. The van der Waals surface area contributed by atoms with Crippen LogP contribution >= 0.6 is 11.6 Å². The highest BCUT2D eigenvalue weighted by Crippen LogP contribution is 2.65. The predicted molar refractivity (Wildman–Crippen MR) is 116 cm³/mol. The van der Waals surface area contributed by atoms with E-state index < -0.39 is 26.5 Å². The summed E-state index contributed by atoms with van der Waals surface area (Å²) in [6, 6.07) is 12.6. The Bertz CT molecular complexity index is 1230. The first-order valence-corrected chi connectivity index (χ1v) is 12.2. The van der Waals surface area contributed by atoms with Crippen molar-refractivity contribution in [1.82, 2.24) is 4.90 Å². The van der Waals surface area contributed by atoms with Gasteiger partial charge >= 0.3 is 0 Å². The summed E-state index contributed by atoms with van der Waals surface area (Å²) >= 11 is 6.41. The number of halogens is 1. The lowest BCUT2D eigenvalue weighted by molar-refractivity contribution is -0.129. The molecule has 7 heteroatoms. The maximum absolute atomic E-state index is 14.2. The van der Waals surface area contributed by atoms with Gasteiger partial charge in [-0.1, -0.05) is 35.9 Å². The lowest BCUT2D eigenvalue weighted by Crippen LogP contribution is -2.52. The molecule has 2 aromatic carbocycles. The minimum Gasteiger partial charge on any atom is -0.306 e. The van der Waals surface area contributed by atoms with Gasteiger partial charge in [-0.3, -0.25) is 9.69 Å². The van der Waals surface area contributed by atoms with E-state index in [4.69, 9.17) is 11.6 Å². The van der Waals surface area contributed by atoms with Crippen molar-refractivity contribution in [3.05, 3.63) is 71.3 Å². The molecule has 1 amide bonds. The molecule has 0 aliphatic carbocycles. The fourth-order valence-electron chi connectivity index (χ4n) is 6.51. The van der Waals surface area contributed by atoms with Crippen LogP contribution in [0.4, 0.5) is 5.69 Å². The van der Waals surface area contributed by atoms with Gasteiger partial charge in [-0.2, -0.15) is 0 Å². The molecule has 0 radical (unpaired) electrons. The third-order valence-electron chi connectivity index (χ3n) is 7.37. The van der Waals surface area contributed by atoms with Crippen LogP contribution < -0.4 is 4.90 Å². The summed E-state index contributed by atoms with van der Waals surface area (Å²) in [5, 5.41) is -0.0634. The molecular formula is C23H21ClN2O3S. The topological polar surface area (TPSA) is 57.7 Å². The zero-order valence-corrected chi connectivity index (χ0v) is 17.9. The van der Waals surface area contributed by atoms with E-state index in [2.05, 4.69) is 11.5 Å². The van der Waals surface area contributed by atoms with Gasteiger partial charge in [0.1, 0.15) is 5.54 Å². The minimum atomic E-state index is -3.53. The molecule has 0 aromatic heterocycles. The number of carbonyl (C=O) groups is 1. The molecule has 0 saturated carbocycles. The Hall–Kier alpha value is -2.15. The number of sulfone groups is 1. The third kappa shape index (κ3) is 1.93. The largest absolute Gasteiger partial charge is 0.306 e. The molecule has 0 unspecified atom stereocenters. The van der Waals surface area contributed by atoms with E-state index in [1.54, 1.807) is 29.2 Å². The molecule has 0 bridgehead atoms. The zero-order valence-electron chi connectivity index (χ0n) is 16.3. The first-order chi connectivity index (χ1) is 14.4. The standard InChI is InChI=1S/C23H21ClN2O3S/c1-2-11-25-17-10-9-14(24)13-16(17)23(22(25)27)20-15-6-3-4-8-19(15)30(28,29)21(20)18-7-5-12-26(18)23/h2-4,6,8-10,13,18,20-21H,1,5,7,11-12H2/t18-,20-,21-,23-/m1/s1. The smallest absolute Gasteiger partial charge is 0.253 e. The van der Waals surface area contributed by atoms with Crippen molar-refractivity contribution in [3.63, 3.8) is 0 Å². The Morgan fingerprint density at radius 1 is 1.23 bits per heavy atom. The Morgan fingerprint density at radius 2 is 2.03 bits per heavy atom. The molecule has 2 saturated heterocycles. The first kappa shape index (κ1) is 18.6.